The lowest BCUT2D eigenvalue weighted by Crippen LogP contribution is -2.55. The monoisotopic (exact) mass is 828 g/mol. The molecule has 340 valence electrons. The second-order valence-electron chi connectivity index (χ2n) is 17.1. The Morgan fingerprint density at radius 2 is 0.966 bits per heavy atom. The van der Waals surface area contributed by atoms with E-state index in [1.165, 1.54) is 109 Å². The smallest absolute Gasteiger partial charge is 0.306 e. The number of aliphatic carboxylic acids is 1. The minimum Gasteiger partial charge on any atom is -0.544 e. The summed E-state index contributed by atoms with van der Waals surface area (Å²) in [5, 5.41) is 11.6. The molecule has 0 rings (SSSR count). The normalized spacial score (nSPS) is 13.4. The van der Waals surface area contributed by atoms with Crippen LogP contribution in [0, 0.1) is 0 Å². The number of allylic oxidation sites excluding steroid dienone is 10. The second kappa shape index (κ2) is 41.8. The van der Waals surface area contributed by atoms with E-state index in [4.69, 9.17) is 14.2 Å². The third kappa shape index (κ3) is 40.2. The number of likely N-dealkylation sites (N-methyl/N-ethyl adjacent to an activating group) is 1. The zero-order chi connectivity index (χ0) is 43.5. The van der Waals surface area contributed by atoms with Crippen molar-refractivity contribution in [1.29, 1.82) is 0 Å². The topological polar surface area (TPSA) is 102 Å². The number of hydrogen-bond acceptors (Lipinski definition) is 7. The van der Waals surface area contributed by atoms with Gasteiger partial charge in [0.15, 0.2) is 6.10 Å². The van der Waals surface area contributed by atoms with Crippen LogP contribution in [0.4, 0.5) is 0 Å². The van der Waals surface area contributed by atoms with E-state index in [-0.39, 0.29) is 42.7 Å². The van der Waals surface area contributed by atoms with Gasteiger partial charge in [0.1, 0.15) is 12.6 Å². The van der Waals surface area contributed by atoms with Gasteiger partial charge in [0, 0.05) is 19.3 Å². The number of carboxylic acids is 1. The van der Waals surface area contributed by atoms with E-state index in [1.54, 1.807) is 21.1 Å². The molecule has 0 aromatic carbocycles. The van der Waals surface area contributed by atoms with Crippen LogP contribution in [0.5, 0.6) is 0 Å². The Morgan fingerprint density at radius 3 is 1.47 bits per heavy atom. The average molecular weight is 828 g/mol. The molecule has 0 aliphatic carbocycles. The van der Waals surface area contributed by atoms with Crippen molar-refractivity contribution in [3.63, 3.8) is 0 Å². The Labute approximate surface area is 362 Å². The van der Waals surface area contributed by atoms with Gasteiger partial charge in [-0.15, -0.1) is 0 Å². The van der Waals surface area contributed by atoms with Crippen molar-refractivity contribution in [2.45, 2.75) is 206 Å². The van der Waals surface area contributed by atoms with Crippen LogP contribution < -0.4 is 5.11 Å². The molecule has 0 saturated heterocycles. The van der Waals surface area contributed by atoms with Gasteiger partial charge in [-0.05, 0) is 57.8 Å². The second-order valence-corrected chi connectivity index (χ2v) is 17.1. The number of nitrogens with zero attached hydrogens (tertiary/aromatic N) is 1. The van der Waals surface area contributed by atoms with E-state index < -0.39 is 18.1 Å². The molecule has 0 radical (unpaired) electrons. The van der Waals surface area contributed by atoms with Crippen LogP contribution in [-0.2, 0) is 28.6 Å². The van der Waals surface area contributed by atoms with Gasteiger partial charge in [-0.2, -0.15) is 0 Å². The van der Waals surface area contributed by atoms with Crippen LogP contribution in [0.1, 0.15) is 194 Å². The van der Waals surface area contributed by atoms with Crippen LogP contribution in [0.25, 0.3) is 0 Å². The largest absolute Gasteiger partial charge is 0.544 e. The molecule has 0 spiro atoms. The molecule has 0 aliphatic rings. The molecule has 0 amide bonds. The zero-order valence-electron chi connectivity index (χ0n) is 38.7. The van der Waals surface area contributed by atoms with E-state index in [0.29, 0.717) is 12.8 Å². The van der Waals surface area contributed by atoms with Gasteiger partial charge < -0.3 is 28.6 Å². The maximum absolute atomic E-state index is 12.7. The highest BCUT2D eigenvalue weighted by atomic mass is 16.6. The van der Waals surface area contributed by atoms with Crippen molar-refractivity contribution < 1.29 is 38.2 Å². The standard InChI is InChI=1S/C51H89NO7/c1-6-8-10-12-14-16-18-20-21-22-23-24-25-26-27-28-30-32-34-36-38-40-42-50(54)59-47(45-57-44-43-48(51(55)56)52(3,4)5)46-58-49(53)41-39-37-35-33-31-29-19-17-15-13-11-9-7-2/h9,11,13,15,17,19,25-26,29,31,47-48H,6-8,10,12,14,16,18,20-24,27-28,30,32-46H2,1-5H3/b11-9+,15-13+,19-17+,26-25+,31-29+. The summed E-state index contributed by atoms with van der Waals surface area (Å²) >= 11 is 0. The number of hydrogen-bond donors (Lipinski definition) is 0. The van der Waals surface area contributed by atoms with Gasteiger partial charge >= 0.3 is 11.9 Å². The SMILES string of the molecule is CC/C=C/C=C/C=C/C=C/CCCCCC(=O)OCC(COCCC(C(=O)[O-])[N+](C)(C)C)OC(=O)CCCCCCCCC/C=C/CCCCCCCCCCCCC. The zero-order valence-corrected chi connectivity index (χ0v) is 38.7. The molecule has 2 unspecified atom stereocenters. The van der Waals surface area contributed by atoms with E-state index in [0.717, 1.165) is 51.4 Å². The fraction of sp³-hybridized carbons (Fsp3) is 0.745. The molecule has 0 aliphatic heterocycles. The van der Waals surface area contributed by atoms with Crippen molar-refractivity contribution in [2.24, 2.45) is 0 Å². The van der Waals surface area contributed by atoms with Gasteiger partial charge in [0.05, 0.1) is 40.3 Å². The Bertz CT molecular complexity index is 1150. The van der Waals surface area contributed by atoms with Crippen molar-refractivity contribution in [3.8, 4) is 0 Å². The maximum atomic E-state index is 12.7. The number of carbonyl (C=O) groups is 3. The lowest BCUT2D eigenvalue weighted by atomic mass is 10.0. The quantitative estimate of drug-likeness (QED) is 0.0198. The summed E-state index contributed by atoms with van der Waals surface area (Å²) in [5.74, 6) is -1.79. The predicted octanol–water partition coefficient (Wildman–Crippen LogP) is 12.0. The highest BCUT2D eigenvalue weighted by Crippen LogP contribution is 2.15. The first kappa shape index (κ1) is 56.0. The first-order valence-electron chi connectivity index (χ1n) is 23.9. The minimum atomic E-state index is -1.13. The maximum Gasteiger partial charge on any atom is 0.306 e. The molecule has 2 atom stereocenters. The number of carboxylic acid groups (broad SMARTS) is 1. The van der Waals surface area contributed by atoms with Crippen molar-refractivity contribution >= 4 is 17.9 Å². The summed E-state index contributed by atoms with van der Waals surface area (Å²) in [5.41, 5.74) is 0. The molecule has 0 fully saturated rings. The Morgan fingerprint density at radius 1 is 0.525 bits per heavy atom. The molecule has 0 aromatic heterocycles. The molecule has 8 heteroatoms. The van der Waals surface area contributed by atoms with Crippen molar-refractivity contribution in [1.82, 2.24) is 0 Å². The fourth-order valence-corrected chi connectivity index (χ4v) is 6.78. The molecule has 0 saturated carbocycles. The van der Waals surface area contributed by atoms with E-state index in [1.807, 2.05) is 36.5 Å². The van der Waals surface area contributed by atoms with Crippen LogP contribution in [0.15, 0.2) is 60.8 Å². The summed E-state index contributed by atoms with van der Waals surface area (Å²) in [4.78, 5) is 36.9. The lowest BCUT2D eigenvalue weighted by Gasteiger charge is -2.34. The molecular weight excluding hydrogens is 739 g/mol. The molecule has 0 bridgehead atoms. The van der Waals surface area contributed by atoms with Gasteiger partial charge in [-0.1, -0.05) is 177 Å². The molecule has 0 heterocycles. The van der Waals surface area contributed by atoms with Gasteiger partial charge in [0.25, 0.3) is 0 Å². The Hall–Kier alpha value is -2.97. The molecule has 0 aromatic rings. The summed E-state index contributed by atoms with van der Waals surface area (Å²) in [6, 6.07) is -0.735. The van der Waals surface area contributed by atoms with E-state index in [9.17, 15) is 19.5 Å². The first-order valence-corrected chi connectivity index (χ1v) is 23.9. The first-order chi connectivity index (χ1) is 28.6. The number of quaternary nitrogens is 1. The fourth-order valence-electron chi connectivity index (χ4n) is 6.78. The van der Waals surface area contributed by atoms with Gasteiger partial charge in [-0.3, -0.25) is 9.59 Å². The number of rotatable bonds is 42. The van der Waals surface area contributed by atoms with Crippen LogP contribution >= 0.6 is 0 Å². The summed E-state index contributed by atoms with van der Waals surface area (Å²) < 4.78 is 17.1. The Kier molecular flexibility index (Phi) is 39.6. The third-order valence-electron chi connectivity index (χ3n) is 10.5. The number of esters is 2. The van der Waals surface area contributed by atoms with E-state index in [2.05, 4.69) is 38.2 Å². The summed E-state index contributed by atoms with van der Waals surface area (Å²) in [6.07, 6.45) is 51.2. The van der Waals surface area contributed by atoms with Crippen LogP contribution in [0.2, 0.25) is 0 Å². The highest BCUT2D eigenvalue weighted by molar-refractivity contribution is 5.70. The molecule has 0 N–H and O–H groups in total. The number of ether oxygens (including phenoxy) is 3. The Balaban J connectivity index is 4.29. The van der Waals surface area contributed by atoms with Crippen LogP contribution in [-0.4, -0.2) is 75.5 Å². The molecular formula is C51H89NO7. The van der Waals surface area contributed by atoms with Gasteiger partial charge in [0.2, 0.25) is 0 Å². The number of carbonyl (C=O) groups excluding carboxylic acids is 3. The van der Waals surface area contributed by atoms with Gasteiger partial charge in [-0.25, -0.2) is 0 Å². The lowest BCUT2D eigenvalue weighted by molar-refractivity contribution is -0.889. The highest BCUT2D eigenvalue weighted by Gasteiger charge is 2.25. The van der Waals surface area contributed by atoms with Crippen molar-refractivity contribution in [3.05, 3.63) is 60.8 Å². The predicted molar refractivity (Wildman–Crippen MR) is 245 cm³/mol. The minimum absolute atomic E-state index is 0.0243. The van der Waals surface area contributed by atoms with Crippen molar-refractivity contribution in [2.75, 3.05) is 41.0 Å². The average Bonchev–Trinajstić information content (AvgIpc) is 3.19. The van der Waals surface area contributed by atoms with Crippen LogP contribution in [0.3, 0.4) is 0 Å². The summed E-state index contributed by atoms with van der Waals surface area (Å²) in [6.45, 7) is 4.48. The van der Waals surface area contributed by atoms with E-state index >= 15 is 0 Å². The molecule has 8 nitrogen and oxygen atoms in total. The number of unbranched alkanes of at least 4 members (excludes halogenated alkanes) is 21. The summed E-state index contributed by atoms with van der Waals surface area (Å²) in [7, 11) is 5.39. The molecule has 59 heavy (non-hydrogen) atoms. The third-order valence-corrected chi connectivity index (χ3v) is 10.5.